The molecule has 11 nitrogen and oxygen atoms in total. The summed E-state index contributed by atoms with van der Waals surface area (Å²) in [6, 6.07) is 17.6. The van der Waals surface area contributed by atoms with Crippen LogP contribution in [0.3, 0.4) is 0 Å². The molecule has 0 bridgehead atoms. The molecule has 3 aromatic rings. The van der Waals surface area contributed by atoms with Gasteiger partial charge in [0.25, 0.3) is 11.8 Å². The molecule has 0 fully saturated rings. The molecule has 0 aliphatic rings. The van der Waals surface area contributed by atoms with Crippen molar-refractivity contribution in [3.8, 4) is 17.2 Å². The van der Waals surface area contributed by atoms with E-state index in [4.69, 9.17) is 19.9 Å². The van der Waals surface area contributed by atoms with Crippen LogP contribution in [0.5, 0.6) is 17.2 Å². The first-order valence-corrected chi connectivity index (χ1v) is 16.9. The van der Waals surface area contributed by atoms with Crippen LogP contribution in [0.1, 0.15) is 64.8 Å². The maximum atomic E-state index is 13.7. The van der Waals surface area contributed by atoms with E-state index in [-0.39, 0.29) is 17.7 Å². The summed E-state index contributed by atoms with van der Waals surface area (Å²) in [5.74, 6) is 0.942. The molecule has 266 valence electrons. The number of methoxy groups -OCH3 is 1. The van der Waals surface area contributed by atoms with E-state index < -0.39 is 0 Å². The number of anilines is 2. The molecule has 0 radical (unpaired) electrons. The first-order valence-electron chi connectivity index (χ1n) is 16.9. The maximum Gasteiger partial charge on any atom is 0.259 e. The Morgan fingerprint density at radius 3 is 2.24 bits per heavy atom. The van der Waals surface area contributed by atoms with Gasteiger partial charge in [-0.2, -0.15) is 0 Å². The molecule has 0 aromatic heterocycles. The van der Waals surface area contributed by atoms with Crippen LogP contribution in [-0.2, 0) is 4.79 Å². The van der Waals surface area contributed by atoms with E-state index in [1.807, 2.05) is 51.2 Å². The molecule has 3 aromatic carbocycles. The zero-order valence-corrected chi connectivity index (χ0v) is 29.9. The molecule has 0 aliphatic heterocycles. The zero-order valence-electron chi connectivity index (χ0n) is 29.9. The number of hydrogen-bond acceptors (Lipinski definition) is 8. The number of unbranched alkanes of at least 4 members (excludes halogenated alkanes) is 2. The third-order valence-corrected chi connectivity index (χ3v) is 8.03. The van der Waals surface area contributed by atoms with Crippen LogP contribution in [0.25, 0.3) is 0 Å². The topological polar surface area (TPSA) is 127 Å². The fourth-order valence-electron chi connectivity index (χ4n) is 5.16. The molecule has 49 heavy (non-hydrogen) atoms. The number of hydrogen-bond donors (Lipinski definition) is 2. The number of para-hydroxylation sites is 1. The highest BCUT2D eigenvalue weighted by molar-refractivity contribution is 6.09. The van der Waals surface area contributed by atoms with Crippen molar-refractivity contribution >= 4 is 29.1 Å². The van der Waals surface area contributed by atoms with Gasteiger partial charge in [0.1, 0.15) is 17.2 Å². The van der Waals surface area contributed by atoms with Gasteiger partial charge in [-0.3, -0.25) is 14.4 Å². The van der Waals surface area contributed by atoms with Crippen LogP contribution >= 0.6 is 0 Å². The van der Waals surface area contributed by atoms with Gasteiger partial charge in [0.15, 0.2) is 0 Å². The van der Waals surface area contributed by atoms with Gasteiger partial charge in [-0.25, -0.2) is 0 Å². The van der Waals surface area contributed by atoms with E-state index in [2.05, 4.69) is 10.2 Å². The average Bonchev–Trinajstić information content (AvgIpc) is 3.09. The van der Waals surface area contributed by atoms with E-state index in [0.29, 0.717) is 72.4 Å². The number of rotatable bonds is 20. The van der Waals surface area contributed by atoms with Gasteiger partial charge in [0.2, 0.25) is 5.91 Å². The lowest BCUT2D eigenvalue weighted by Gasteiger charge is -2.22. The Hall–Kier alpha value is -4.61. The van der Waals surface area contributed by atoms with Crippen molar-refractivity contribution < 1.29 is 28.6 Å². The number of carbonyl (C=O) groups is 3. The summed E-state index contributed by atoms with van der Waals surface area (Å²) in [6.45, 7) is 5.05. The molecular formula is C38H53N5O6. The summed E-state index contributed by atoms with van der Waals surface area (Å²) >= 11 is 0. The van der Waals surface area contributed by atoms with Gasteiger partial charge >= 0.3 is 0 Å². The first kappa shape index (κ1) is 38.8. The van der Waals surface area contributed by atoms with Gasteiger partial charge < -0.3 is 40.0 Å². The van der Waals surface area contributed by atoms with E-state index in [9.17, 15) is 14.4 Å². The molecule has 0 atom stereocenters. The molecular weight excluding hydrogens is 622 g/mol. The molecule has 3 rings (SSSR count). The summed E-state index contributed by atoms with van der Waals surface area (Å²) in [6.07, 6.45) is 4.60. The van der Waals surface area contributed by atoms with Crippen LogP contribution in [-0.4, -0.2) is 95.7 Å². The molecule has 0 spiro atoms. The molecule has 3 amide bonds. The van der Waals surface area contributed by atoms with E-state index >= 15 is 0 Å². The highest BCUT2D eigenvalue weighted by atomic mass is 16.5. The van der Waals surface area contributed by atoms with E-state index in [1.165, 1.54) is 7.11 Å². The standard InChI is InChI=1S/C38H53N5O6/c1-28-17-20-32(35(26-28)49-24-11-7-8-16-36(44)42(4)23-13-22-41(2)3)43(5)38(46)29-18-19-31(34(27-29)47-6)40-37(45)30-14-9-10-15-33(30)48-25-12-21-39/h9-10,14-15,17-20,26-27H,7-8,11-13,16,21-25,39H2,1-6H3,(H,40,45). The Bertz CT molecular complexity index is 1530. The Morgan fingerprint density at radius 2 is 1.51 bits per heavy atom. The van der Waals surface area contributed by atoms with Crippen molar-refractivity contribution in [3.05, 3.63) is 77.4 Å². The van der Waals surface area contributed by atoms with Crippen molar-refractivity contribution in [1.82, 2.24) is 9.80 Å². The van der Waals surface area contributed by atoms with Crippen LogP contribution in [0.4, 0.5) is 11.4 Å². The summed E-state index contributed by atoms with van der Waals surface area (Å²) in [7, 11) is 9.11. The molecule has 0 aliphatic carbocycles. The van der Waals surface area contributed by atoms with Crippen molar-refractivity contribution in [1.29, 1.82) is 0 Å². The number of nitrogens with one attached hydrogen (secondary N) is 1. The van der Waals surface area contributed by atoms with Crippen molar-refractivity contribution in [3.63, 3.8) is 0 Å². The van der Waals surface area contributed by atoms with Crippen molar-refractivity contribution in [2.75, 3.05) is 78.4 Å². The Balaban J connectivity index is 1.60. The molecule has 3 N–H and O–H groups in total. The molecule has 0 unspecified atom stereocenters. The third kappa shape index (κ3) is 12.1. The number of carbonyl (C=O) groups excluding carboxylic acids is 3. The highest BCUT2D eigenvalue weighted by Crippen LogP contribution is 2.32. The van der Waals surface area contributed by atoms with Crippen LogP contribution in [0.15, 0.2) is 60.7 Å². The smallest absolute Gasteiger partial charge is 0.259 e. The Labute approximate surface area is 291 Å². The number of nitrogens with zero attached hydrogens (tertiary/aromatic N) is 3. The van der Waals surface area contributed by atoms with Crippen molar-refractivity contribution in [2.24, 2.45) is 5.73 Å². The lowest BCUT2D eigenvalue weighted by atomic mass is 10.1. The lowest BCUT2D eigenvalue weighted by Crippen LogP contribution is -2.29. The minimum Gasteiger partial charge on any atom is -0.495 e. The number of ether oxygens (including phenoxy) is 3. The van der Waals surface area contributed by atoms with Gasteiger partial charge in [0, 0.05) is 32.6 Å². The predicted octanol–water partition coefficient (Wildman–Crippen LogP) is 5.61. The van der Waals surface area contributed by atoms with Gasteiger partial charge in [0.05, 0.1) is 37.3 Å². The highest BCUT2D eigenvalue weighted by Gasteiger charge is 2.21. The monoisotopic (exact) mass is 675 g/mol. The summed E-state index contributed by atoms with van der Waals surface area (Å²) in [5, 5.41) is 2.88. The Kier molecular flexibility index (Phi) is 15.9. The van der Waals surface area contributed by atoms with Gasteiger partial charge in [-0.1, -0.05) is 18.2 Å². The predicted molar refractivity (Wildman–Crippen MR) is 195 cm³/mol. The Morgan fingerprint density at radius 1 is 0.776 bits per heavy atom. The van der Waals surface area contributed by atoms with Crippen LogP contribution in [0, 0.1) is 6.92 Å². The fraction of sp³-hybridized carbons (Fsp3) is 0.447. The minimum absolute atomic E-state index is 0.168. The first-order chi connectivity index (χ1) is 23.5. The van der Waals surface area contributed by atoms with Crippen molar-refractivity contribution in [2.45, 2.75) is 45.4 Å². The normalized spacial score (nSPS) is 10.9. The second-order valence-electron chi connectivity index (χ2n) is 12.3. The summed E-state index contributed by atoms with van der Waals surface area (Å²) < 4.78 is 17.5. The number of benzene rings is 3. The quantitative estimate of drug-likeness (QED) is 0.148. The maximum absolute atomic E-state index is 13.7. The lowest BCUT2D eigenvalue weighted by molar-refractivity contribution is -0.130. The van der Waals surface area contributed by atoms with Crippen LogP contribution < -0.4 is 30.2 Å². The summed E-state index contributed by atoms with van der Waals surface area (Å²) in [5.41, 5.74) is 8.38. The fourth-order valence-corrected chi connectivity index (χ4v) is 5.16. The largest absolute Gasteiger partial charge is 0.495 e. The molecule has 11 heteroatoms. The van der Waals surface area contributed by atoms with Gasteiger partial charge in [-0.15, -0.1) is 0 Å². The average molecular weight is 676 g/mol. The molecule has 0 saturated heterocycles. The van der Waals surface area contributed by atoms with Crippen LogP contribution in [0.2, 0.25) is 0 Å². The second-order valence-corrected chi connectivity index (χ2v) is 12.3. The number of amides is 3. The van der Waals surface area contributed by atoms with Gasteiger partial charge in [-0.05, 0) is 114 Å². The minimum atomic E-state index is -0.367. The third-order valence-electron chi connectivity index (χ3n) is 8.03. The molecule has 0 saturated carbocycles. The van der Waals surface area contributed by atoms with E-state index in [0.717, 1.165) is 44.3 Å². The number of nitrogens with two attached hydrogens (primary N) is 1. The second kappa shape index (κ2) is 20.0. The number of aryl methyl sites for hydroxylation is 1. The molecule has 0 heterocycles. The summed E-state index contributed by atoms with van der Waals surface area (Å²) in [4.78, 5) is 44.8. The zero-order chi connectivity index (χ0) is 35.8. The SMILES string of the molecule is COc1cc(C(=O)N(C)c2ccc(C)cc2OCCCCCC(=O)N(C)CCCN(C)C)ccc1NC(=O)c1ccccc1OCCCN. The van der Waals surface area contributed by atoms with E-state index in [1.54, 1.807) is 54.4 Å².